The van der Waals surface area contributed by atoms with Gasteiger partial charge in [0, 0.05) is 49.9 Å². The van der Waals surface area contributed by atoms with E-state index < -0.39 is 0 Å². The Morgan fingerprint density at radius 3 is 2.18 bits per heavy atom. The van der Waals surface area contributed by atoms with E-state index in [1.165, 1.54) is 4.90 Å². The standard InChI is InChI=1S/C29H33N5O5/c1-5-14-34(29(36)21-6-8-22(37-2)9-7-21)20-28(35)33-17-15-32(16-18-33)27-13-12-25(30-31-27)24-11-10-23(38-3)19-26(24)39-4/h5-13,19H,1,14-18,20H2,2-4H3. The van der Waals surface area contributed by atoms with Crippen molar-refractivity contribution in [1.82, 2.24) is 20.0 Å². The monoisotopic (exact) mass is 531 g/mol. The highest BCUT2D eigenvalue weighted by atomic mass is 16.5. The fraction of sp³-hybridized carbons (Fsp3) is 0.310. The molecule has 0 saturated carbocycles. The van der Waals surface area contributed by atoms with Gasteiger partial charge in [0.2, 0.25) is 5.91 Å². The minimum atomic E-state index is -0.228. The highest BCUT2D eigenvalue weighted by Crippen LogP contribution is 2.32. The molecule has 1 aliphatic heterocycles. The molecule has 39 heavy (non-hydrogen) atoms. The maximum Gasteiger partial charge on any atom is 0.254 e. The molecule has 1 aliphatic rings. The van der Waals surface area contributed by atoms with Crippen molar-refractivity contribution in [1.29, 1.82) is 0 Å². The molecule has 204 valence electrons. The Kier molecular flexibility index (Phi) is 8.98. The van der Waals surface area contributed by atoms with Crippen molar-refractivity contribution < 1.29 is 23.8 Å². The van der Waals surface area contributed by atoms with Crippen LogP contribution in [-0.2, 0) is 4.79 Å². The van der Waals surface area contributed by atoms with Gasteiger partial charge in [0.05, 0.1) is 27.0 Å². The first-order valence-electron chi connectivity index (χ1n) is 12.6. The topological polar surface area (TPSA) is 97.3 Å². The van der Waals surface area contributed by atoms with Gasteiger partial charge in [-0.05, 0) is 48.5 Å². The molecular weight excluding hydrogens is 498 g/mol. The van der Waals surface area contributed by atoms with Crippen molar-refractivity contribution in [2.75, 3.05) is 65.5 Å². The molecule has 1 fully saturated rings. The molecule has 4 rings (SSSR count). The zero-order valence-corrected chi connectivity index (χ0v) is 22.5. The summed E-state index contributed by atoms with van der Waals surface area (Å²) >= 11 is 0. The smallest absolute Gasteiger partial charge is 0.254 e. The van der Waals surface area contributed by atoms with Crippen molar-refractivity contribution in [2.24, 2.45) is 0 Å². The molecule has 10 heteroatoms. The predicted molar refractivity (Wildman–Crippen MR) is 148 cm³/mol. The third-order valence-electron chi connectivity index (χ3n) is 6.59. The molecule has 0 bridgehead atoms. The summed E-state index contributed by atoms with van der Waals surface area (Å²) in [6, 6.07) is 16.2. The van der Waals surface area contributed by atoms with E-state index in [1.807, 2.05) is 30.3 Å². The summed E-state index contributed by atoms with van der Waals surface area (Å²) < 4.78 is 15.9. The van der Waals surface area contributed by atoms with Gasteiger partial charge in [-0.1, -0.05) is 6.08 Å². The maximum atomic E-state index is 13.1. The number of amides is 2. The molecule has 1 aromatic heterocycles. The second-order valence-corrected chi connectivity index (χ2v) is 8.91. The first-order valence-corrected chi connectivity index (χ1v) is 12.6. The summed E-state index contributed by atoms with van der Waals surface area (Å²) in [7, 11) is 4.78. The molecule has 2 heterocycles. The number of methoxy groups -OCH3 is 3. The fourth-order valence-corrected chi connectivity index (χ4v) is 4.39. The number of hydrogen-bond donors (Lipinski definition) is 0. The fourth-order valence-electron chi connectivity index (χ4n) is 4.39. The molecule has 2 aromatic carbocycles. The van der Waals surface area contributed by atoms with Crippen molar-refractivity contribution in [3.63, 3.8) is 0 Å². The van der Waals surface area contributed by atoms with E-state index in [0.717, 1.165) is 11.4 Å². The van der Waals surface area contributed by atoms with Crippen LogP contribution in [0.25, 0.3) is 11.3 Å². The van der Waals surface area contributed by atoms with Crippen molar-refractivity contribution >= 4 is 17.6 Å². The number of rotatable bonds is 10. The number of aromatic nitrogens is 2. The van der Waals surface area contributed by atoms with Gasteiger partial charge >= 0.3 is 0 Å². The number of carbonyl (C=O) groups is 2. The van der Waals surface area contributed by atoms with Crippen LogP contribution in [0.4, 0.5) is 5.82 Å². The number of anilines is 1. The lowest BCUT2D eigenvalue weighted by molar-refractivity contribution is -0.132. The molecule has 3 aromatic rings. The molecule has 0 N–H and O–H groups in total. The third kappa shape index (κ3) is 6.46. The van der Waals surface area contributed by atoms with Crippen LogP contribution in [0.15, 0.2) is 67.3 Å². The summed E-state index contributed by atoms with van der Waals surface area (Å²) in [5.41, 5.74) is 2.00. The second-order valence-electron chi connectivity index (χ2n) is 8.91. The SMILES string of the molecule is C=CCN(CC(=O)N1CCN(c2ccc(-c3ccc(OC)cc3OC)nn2)CC1)C(=O)c1ccc(OC)cc1. The van der Waals surface area contributed by atoms with Gasteiger partial charge in [-0.25, -0.2) is 0 Å². The average molecular weight is 532 g/mol. The van der Waals surface area contributed by atoms with Gasteiger partial charge < -0.3 is 28.9 Å². The first kappa shape index (κ1) is 27.4. The van der Waals surface area contributed by atoms with E-state index in [2.05, 4.69) is 21.7 Å². The number of carbonyl (C=O) groups excluding carboxylic acids is 2. The van der Waals surface area contributed by atoms with E-state index in [1.54, 1.807) is 56.6 Å². The molecule has 10 nitrogen and oxygen atoms in total. The minimum Gasteiger partial charge on any atom is -0.497 e. The second kappa shape index (κ2) is 12.8. The highest BCUT2D eigenvalue weighted by Gasteiger charge is 2.25. The highest BCUT2D eigenvalue weighted by molar-refractivity contribution is 5.96. The zero-order chi connectivity index (χ0) is 27.8. The average Bonchev–Trinajstić information content (AvgIpc) is 3.00. The van der Waals surface area contributed by atoms with Crippen molar-refractivity contribution in [3.8, 4) is 28.5 Å². The Balaban J connectivity index is 1.35. The van der Waals surface area contributed by atoms with Gasteiger partial charge in [-0.3, -0.25) is 9.59 Å². The molecule has 0 aliphatic carbocycles. The summed E-state index contributed by atoms with van der Waals surface area (Å²) in [5, 5.41) is 8.83. The van der Waals surface area contributed by atoms with Gasteiger partial charge in [-0.2, -0.15) is 0 Å². The predicted octanol–water partition coefficient (Wildman–Crippen LogP) is 3.15. The van der Waals surface area contributed by atoms with Crippen LogP contribution in [0.1, 0.15) is 10.4 Å². The minimum absolute atomic E-state index is 0.0188. The van der Waals surface area contributed by atoms with Crippen LogP contribution in [0.3, 0.4) is 0 Å². The molecule has 0 unspecified atom stereocenters. The summed E-state index contributed by atoms with van der Waals surface area (Å²) in [6.45, 7) is 6.26. The number of ether oxygens (including phenoxy) is 3. The van der Waals surface area contributed by atoms with E-state index in [9.17, 15) is 9.59 Å². The molecule has 0 atom stereocenters. The normalized spacial score (nSPS) is 13.0. The number of nitrogens with zero attached hydrogens (tertiary/aromatic N) is 5. The first-order chi connectivity index (χ1) is 19.0. The van der Waals surface area contributed by atoms with Crippen LogP contribution in [0, 0.1) is 0 Å². The summed E-state index contributed by atoms with van der Waals surface area (Å²) in [4.78, 5) is 31.5. The summed E-state index contributed by atoms with van der Waals surface area (Å²) in [5.74, 6) is 2.42. The lowest BCUT2D eigenvalue weighted by Gasteiger charge is -2.36. The third-order valence-corrected chi connectivity index (χ3v) is 6.59. The van der Waals surface area contributed by atoms with Crippen molar-refractivity contribution in [2.45, 2.75) is 0 Å². The van der Waals surface area contributed by atoms with Gasteiger partial charge in [0.25, 0.3) is 5.91 Å². The van der Waals surface area contributed by atoms with E-state index in [4.69, 9.17) is 14.2 Å². The Morgan fingerprint density at radius 1 is 0.897 bits per heavy atom. The van der Waals surface area contributed by atoms with Gasteiger partial charge in [-0.15, -0.1) is 16.8 Å². The van der Waals surface area contributed by atoms with E-state index in [0.29, 0.717) is 54.7 Å². The number of hydrogen-bond acceptors (Lipinski definition) is 8. The molecule has 2 amide bonds. The zero-order valence-electron chi connectivity index (χ0n) is 22.5. The van der Waals surface area contributed by atoms with Crippen LogP contribution in [0.2, 0.25) is 0 Å². The molecular formula is C29H33N5O5. The molecule has 0 spiro atoms. The largest absolute Gasteiger partial charge is 0.497 e. The van der Waals surface area contributed by atoms with Crippen LogP contribution < -0.4 is 19.1 Å². The van der Waals surface area contributed by atoms with Crippen LogP contribution >= 0.6 is 0 Å². The quantitative estimate of drug-likeness (QED) is 0.368. The van der Waals surface area contributed by atoms with Crippen LogP contribution in [0.5, 0.6) is 17.2 Å². The number of benzene rings is 2. The molecule has 1 saturated heterocycles. The Morgan fingerprint density at radius 2 is 1.59 bits per heavy atom. The van der Waals surface area contributed by atoms with Crippen molar-refractivity contribution in [3.05, 3.63) is 72.8 Å². The molecule has 0 radical (unpaired) electrons. The van der Waals surface area contributed by atoms with E-state index in [-0.39, 0.29) is 24.9 Å². The van der Waals surface area contributed by atoms with Crippen LogP contribution in [-0.4, -0.2) is 92.4 Å². The lowest BCUT2D eigenvalue weighted by atomic mass is 10.1. The lowest BCUT2D eigenvalue weighted by Crippen LogP contribution is -2.52. The Bertz CT molecular complexity index is 1290. The Hall–Kier alpha value is -4.60. The summed E-state index contributed by atoms with van der Waals surface area (Å²) in [6.07, 6.45) is 1.62. The maximum absolute atomic E-state index is 13.1. The number of piperazine rings is 1. The Labute approximate surface area is 228 Å². The van der Waals surface area contributed by atoms with Gasteiger partial charge in [0.15, 0.2) is 5.82 Å². The van der Waals surface area contributed by atoms with Gasteiger partial charge in [0.1, 0.15) is 23.8 Å². The van der Waals surface area contributed by atoms with E-state index >= 15 is 0 Å².